The maximum atomic E-state index is 11.9. The third-order valence-corrected chi connectivity index (χ3v) is 3.36. The molecular formula is C19H21NO5. The van der Waals surface area contributed by atoms with E-state index in [2.05, 4.69) is 5.32 Å². The van der Waals surface area contributed by atoms with Crippen LogP contribution in [0.5, 0.6) is 11.5 Å². The number of nitrogens with one attached hydrogen (secondary N) is 1. The molecule has 0 heterocycles. The molecule has 0 saturated heterocycles. The molecule has 0 unspecified atom stereocenters. The number of esters is 1. The third kappa shape index (κ3) is 5.84. The number of ether oxygens (including phenoxy) is 3. The van der Waals surface area contributed by atoms with E-state index in [1.807, 2.05) is 31.2 Å². The summed E-state index contributed by atoms with van der Waals surface area (Å²) in [6.07, 6.45) is 0. The highest BCUT2D eigenvalue weighted by atomic mass is 16.5. The lowest BCUT2D eigenvalue weighted by Gasteiger charge is -2.08. The Labute approximate surface area is 146 Å². The summed E-state index contributed by atoms with van der Waals surface area (Å²) in [4.78, 5) is 23.7. The highest BCUT2D eigenvalue weighted by molar-refractivity contribution is 5.91. The third-order valence-electron chi connectivity index (χ3n) is 3.36. The summed E-state index contributed by atoms with van der Waals surface area (Å²) in [5.74, 6) is 0.463. The Morgan fingerprint density at radius 1 is 1.04 bits per heavy atom. The monoisotopic (exact) mass is 343 g/mol. The average Bonchev–Trinajstić information content (AvgIpc) is 2.65. The van der Waals surface area contributed by atoms with Crippen molar-refractivity contribution in [2.45, 2.75) is 13.5 Å². The first kappa shape index (κ1) is 18.3. The molecule has 0 aliphatic rings. The van der Waals surface area contributed by atoms with Gasteiger partial charge < -0.3 is 19.5 Å². The zero-order valence-electron chi connectivity index (χ0n) is 14.3. The van der Waals surface area contributed by atoms with Gasteiger partial charge in [-0.25, -0.2) is 4.79 Å². The molecule has 0 radical (unpaired) electrons. The van der Waals surface area contributed by atoms with Crippen molar-refractivity contribution in [1.82, 2.24) is 5.32 Å². The topological polar surface area (TPSA) is 73.9 Å². The van der Waals surface area contributed by atoms with Crippen LogP contribution in [0.1, 0.15) is 22.8 Å². The summed E-state index contributed by atoms with van der Waals surface area (Å²) in [7, 11) is 1.58. The quantitative estimate of drug-likeness (QED) is 0.746. The summed E-state index contributed by atoms with van der Waals surface area (Å²) in [6, 6.07) is 13.9. The molecule has 0 atom stereocenters. The Morgan fingerprint density at radius 3 is 2.48 bits per heavy atom. The Balaban J connectivity index is 1.77. The number of rotatable bonds is 8. The fourth-order valence-electron chi connectivity index (χ4n) is 2.10. The molecule has 0 saturated carbocycles. The molecule has 0 fully saturated rings. The van der Waals surface area contributed by atoms with E-state index in [1.54, 1.807) is 31.4 Å². The average molecular weight is 343 g/mol. The predicted octanol–water partition coefficient (Wildman–Crippen LogP) is 2.57. The molecule has 0 aliphatic carbocycles. The zero-order valence-corrected chi connectivity index (χ0v) is 14.3. The summed E-state index contributed by atoms with van der Waals surface area (Å²) in [6.45, 7) is 2.43. The van der Waals surface area contributed by atoms with Gasteiger partial charge in [0.2, 0.25) is 0 Å². The van der Waals surface area contributed by atoms with E-state index in [1.165, 1.54) is 0 Å². The van der Waals surface area contributed by atoms with Crippen molar-refractivity contribution in [3.05, 3.63) is 59.7 Å². The number of benzene rings is 2. The smallest absolute Gasteiger partial charge is 0.338 e. The molecular weight excluding hydrogens is 322 g/mol. The van der Waals surface area contributed by atoms with Gasteiger partial charge in [0, 0.05) is 6.54 Å². The summed E-state index contributed by atoms with van der Waals surface area (Å²) in [5.41, 5.74) is 1.26. The van der Waals surface area contributed by atoms with Crippen LogP contribution < -0.4 is 14.8 Å². The number of carbonyl (C=O) groups is 2. The molecule has 0 aliphatic heterocycles. The predicted molar refractivity (Wildman–Crippen MR) is 92.7 cm³/mol. The second kappa shape index (κ2) is 9.32. The minimum absolute atomic E-state index is 0.330. The minimum Gasteiger partial charge on any atom is -0.497 e. The maximum absolute atomic E-state index is 11.9. The largest absolute Gasteiger partial charge is 0.497 e. The van der Waals surface area contributed by atoms with E-state index in [4.69, 9.17) is 14.2 Å². The van der Waals surface area contributed by atoms with Crippen LogP contribution in [0.4, 0.5) is 0 Å². The molecule has 132 valence electrons. The van der Waals surface area contributed by atoms with E-state index in [9.17, 15) is 9.59 Å². The highest BCUT2D eigenvalue weighted by Gasteiger charge is 2.10. The molecule has 1 N–H and O–H groups in total. The van der Waals surface area contributed by atoms with E-state index in [0.717, 1.165) is 5.56 Å². The van der Waals surface area contributed by atoms with Gasteiger partial charge in [-0.05, 0) is 48.9 Å². The summed E-state index contributed by atoms with van der Waals surface area (Å²) < 4.78 is 15.4. The van der Waals surface area contributed by atoms with Crippen molar-refractivity contribution in [3.8, 4) is 11.5 Å². The Hall–Kier alpha value is -3.02. The van der Waals surface area contributed by atoms with E-state index in [-0.39, 0.29) is 12.5 Å². The van der Waals surface area contributed by atoms with Crippen LogP contribution in [0, 0.1) is 0 Å². The van der Waals surface area contributed by atoms with E-state index in [0.29, 0.717) is 30.2 Å². The van der Waals surface area contributed by atoms with Crippen LogP contribution >= 0.6 is 0 Å². The summed E-state index contributed by atoms with van der Waals surface area (Å²) >= 11 is 0. The van der Waals surface area contributed by atoms with E-state index < -0.39 is 5.97 Å². The van der Waals surface area contributed by atoms with Crippen LogP contribution in [-0.4, -0.2) is 32.2 Å². The van der Waals surface area contributed by atoms with Gasteiger partial charge >= 0.3 is 5.97 Å². The van der Waals surface area contributed by atoms with Gasteiger partial charge in [0.05, 0.1) is 19.3 Å². The number of carbonyl (C=O) groups excluding carboxylic acids is 2. The minimum atomic E-state index is -0.556. The van der Waals surface area contributed by atoms with Crippen LogP contribution in [0.25, 0.3) is 0 Å². The standard InChI is InChI=1S/C19H21NO5/c1-3-24-16-9-7-15(8-10-16)19(22)25-13-18(21)20-12-14-5-4-6-17(11-14)23-2/h4-11H,3,12-13H2,1-2H3,(H,20,21). The lowest BCUT2D eigenvalue weighted by Crippen LogP contribution is -2.28. The van der Waals surface area contributed by atoms with Crippen molar-refractivity contribution in [2.24, 2.45) is 0 Å². The molecule has 0 spiro atoms. The number of amides is 1. The first-order valence-corrected chi connectivity index (χ1v) is 7.92. The lowest BCUT2D eigenvalue weighted by molar-refractivity contribution is -0.124. The molecule has 0 aromatic heterocycles. The molecule has 0 bridgehead atoms. The Bertz CT molecular complexity index is 712. The van der Waals surface area contributed by atoms with Crippen LogP contribution in [0.3, 0.4) is 0 Å². The van der Waals surface area contributed by atoms with E-state index >= 15 is 0 Å². The maximum Gasteiger partial charge on any atom is 0.338 e. The Morgan fingerprint density at radius 2 is 1.80 bits per heavy atom. The van der Waals surface area contributed by atoms with Crippen LogP contribution in [0.2, 0.25) is 0 Å². The number of hydrogen-bond acceptors (Lipinski definition) is 5. The number of methoxy groups -OCH3 is 1. The van der Waals surface area contributed by atoms with Gasteiger partial charge in [-0.3, -0.25) is 4.79 Å². The second-order valence-corrected chi connectivity index (χ2v) is 5.16. The Kier molecular flexibility index (Phi) is 6.83. The van der Waals surface area contributed by atoms with Crippen molar-refractivity contribution >= 4 is 11.9 Å². The van der Waals surface area contributed by atoms with Crippen molar-refractivity contribution in [3.63, 3.8) is 0 Å². The van der Waals surface area contributed by atoms with Gasteiger partial charge in [-0.2, -0.15) is 0 Å². The fourth-order valence-corrected chi connectivity index (χ4v) is 2.10. The molecule has 6 nitrogen and oxygen atoms in total. The SMILES string of the molecule is CCOc1ccc(C(=O)OCC(=O)NCc2cccc(OC)c2)cc1. The second-order valence-electron chi connectivity index (χ2n) is 5.16. The van der Waals surface area contributed by atoms with Gasteiger partial charge in [-0.1, -0.05) is 12.1 Å². The van der Waals surface area contributed by atoms with Crippen molar-refractivity contribution in [1.29, 1.82) is 0 Å². The normalized spacial score (nSPS) is 10.0. The zero-order chi connectivity index (χ0) is 18.1. The van der Waals surface area contributed by atoms with Gasteiger partial charge in [0.25, 0.3) is 5.91 Å². The van der Waals surface area contributed by atoms with Gasteiger partial charge in [0.1, 0.15) is 11.5 Å². The molecule has 1 amide bonds. The van der Waals surface area contributed by atoms with Gasteiger partial charge in [-0.15, -0.1) is 0 Å². The van der Waals surface area contributed by atoms with Crippen molar-refractivity contribution < 1.29 is 23.8 Å². The van der Waals surface area contributed by atoms with Crippen LogP contribution in [0.15, 0.2) is 48.5 Å². The number of hydrogen-bond donors (Lipinski definition) is 1. The van der Waals surface area contributed by atoms with Gasteiger partial charge in [0.15, 0.2) is 6.61 Å². The summed E-state index contributed by atoms with van der Waals surface area (Å²) in [5, 5.41) is 2.69. The van der Waals surface area contributed by atoms with Crippen molar-refractivity contribution in [2.75, 3.05) is 20.3 Å². The first-order valence-electron chi connectivity index (χ1n) is 7.92. The highest BCUT2D eigenvalue weighted by Crippen LogP contribution is 2.13. The molecule has 25 heavy (non-hydrogen) atoms. The van der Waals surface area contributed by atoms with Crippen LogP contribution in [-0.2, 0) is 16.1 Å². The molecule has 2 aromatic carbocycles. The molecule has 6 heteroatoms. The molecule has 2 rings (SSSR count). The fraction of sp³-hybridized carbons (Fsp3) is 0.263. The lowest BCUT2D eigenvalue weighted by atomic mass is 10.2. The first-order chi connectivity index (χ1) is 12.1. The molecule has 2 aromatic rings.